The first kappa shape index (κ1) is 28.3. The minimum absolute atomic E-state index is 0.0508. The molecule has 0 spiro atoms. The Hall–Kier alpha value is -3.75. The molecule has 0 saturated carbocycles. The molecule has 1 fully saturated rings. The predicted octanol–water partition coefficient (Wildman–Crippen LogP) is 5.09. The molecule has 2 aromatic heterocycles. The largest absolute Gasteiger partial charge is 0.496 e. The summed E-state index contributed by atoms with van der Waals surface area (Å²) in [5, 5.41) is 3.81. The number of likely N-dealkylation sites (tertiary alicyclic amines) is 1. The van der Waals surface area contributed by atoms with Gasteiger partial charge in [0, 0.05) is 41.4 Å². The summed E-state index contributed by atoms with van der Waals surface area (Å²) in [6, 6.07) is 9.78. The van der Waals surface area contributed by atoms with Gasteiger partial charge in [-0.2, -0.15) is 0 Å². The van der Waals surface area contributed by atoms with Crippen LogP contribution in [0.4, 0.5) is 4.79 Å². The number of hydrogen-bond donors (Lipinski definition) is 2. The number of H-pyrrole nitrogens is 1. The van der Waals surface area contributed by atoms with Crippen LogP contribution in [0.2, 0.25) is 0 Å². The fourth-order valence-electron chi connectivity index (χ4n) is 5.60. The van der Waals surface area contributed by atoms with Crippen molar-refractivity contribution in [3.63, 3.8) is 0 Å². The van der Waals surface area contributed by atoms with Gasteiger partial charge in [0.1, 0.15) is 11.4 Å². The summed E-state index contributed by atoms with van der Waals surface area (Å²) in [5.74, 6) is 0.544. The van der Waals surface area contributed by atoms with Gasteiger partial charge >= 0.3 is 6.09 Å². The number of rotatable bonds is 6. The number of aromatic nitrogens is 2. The molecule has 1 aromatic carbocycles. The van der Waals surface area contributed by atoms with E-state index in [4.69, 9.17) is 9.47 Å². The monoisotopic (exact) mass is 536 g/mol. The Morgan fingerprint density at radius 2 is 1.82 bits per heavy atom. The highest BCUT2D eigenvalue weighted by Gasteiger charge is 2.32. The van der Waals surface area contributed by atoms with Gasteiger partial charge in [0.05, 0.1) is 24.8 Å². The highest BCUT2D eigenvalue weighted by molar-refractivity contribution is 6.08. The third-order valence-electron chi connectivity index (χ3n) is 7.54. The number of nitrogens with zero attached hydrogens (tertiary/aromatic N) is 2. The van der Waals surface area contributed by atoms with Crippen LogP contribution in [0.5, 0.6) is 5.75 Å². The smallest absolute Gasteiger partial charge is 0.410 e. The van der Waals surface area contributed by atoms with Crippen molar-refractivity contribution in [3.05, 3.63) is 63.2 Å². The van der Waals surface area contributed by atoms with Crippen molar-refractivity contribution in [2.75, 3.05) is 20.2 Å². The fourth-order valence-corrected chi connectivity index (χ4v) is 5.60. The number of hydrogen-bond acceptors (Lipinski definition) is 5. The van der Waals surface area contributed by atoms with Crippen LogP contribution in [0, 0.1) is 19.8 Å². The van der Waals surface area contributed by atoms with Crippen molar-refractivity contribution in [2.45, 2.75) is 72.6 Å². The zero-order valence-electron chi connectivity index (χ0n) is 24.0. The second-order valence-electron chi connectivity index (χ2n) is 11.4. The molecule has 1 aliphatic rings. The zero-order valence-corrected chi connectivity index (χ0v) is 24.0. The zero-order chi connectivity index (χ0) is 28.5. The van der Waals surface area contributed by atoms with Crippen LogP contribution in [0.1, 0.15) is 73.9 Å². The number of carbonyl (C=O) groups excluding carboxylic acids is 2. The maximum atomic E-state index is 13.5. The Kier molecular flexibility index (Phi) is 8.09. The molecular formula is C30H40N4O5. The second kappa shape index (κ2) is 11.2. The number of ether oxygens (including phenoxy) is 2. The number of methoxy groups -OCH3 is 1. The minimum Gasteiger partial charge on any atom is -0.496 e. The third kappa shape index (κ3) is 5.97. The number of benzene rings is 1. The molecule has 2 N–H and O–H groups in total. The Balaban J connectivity index is 1.55. The molecule has 9 nitrogen and oxygen atoms in total. The molecule has 2 amide bonds. The summed E-state index contributed by atoms with van der Waals surface area (Å²) >= 11 is 0. The molecule has 3 aromatic rings. The van der Waals surface area contributed by atoms with Gasteiger partial charge in [-0.3, -0.25) is 9.59 Å². The number of carbonyl (C=O) groups is 2. The van der Waals surface area contributed by atoms with Crippen molar-refractivity contribution in [3.8, 4) is 5.75 Å². The second-order valence-corrected chi connectivity index (χ2v) is 11.4. The molecule has 1 aliphatic heterocycles. The van der Waals surface area contributed by atoms with Crippen LogP contribution in [-0.2, 0) is 11.3 Å². The van der Waals surface area contributed by atoms with E-state index in [1.807, 2.05) is 52.0 Å². The number of aryl methyl sites for hydroxylation is 1. The number of aromatic amines is 1. The van der Waals surface area contributed by atoms with Gasteiger partial charge in [-0.05, 0) is 72.4 Å². The van der Waals surface area contributed by atoms with Crippen LogP contribution < -0.4 is 15.6 Å². The fraction of sp³-hybridized carbons (Fsp3) is 0.500. The van der Waals surface area contributed by atoms with E-state index in [0.717, 1.165) is 29.4 Å². The van der Waals surface area contributed by atoms with Gasteiger partial charge in [-0.15, -0.1) is 0 Å². The average Bonchev–Trinajstić information content (AvgIpc) is 3.17. The maximum Gasteiger partial charge on any atom is 0.410 e. The Morgan fingerprint density at radius 3 is 2.46 bits per heavy atom. The standard InChI is InChI=1S/C30H40N4O5/c1-18-16-25(38-7)23(27(35)32-18)17-31-28(36)26-20(3)34(24-11-9-8-10-22(24)26)19(2)21-12-14-33(15-13-21)29(37)39-30(4,5)6/h8-11,16,19,21H,12-15,17H2,1-7H3,(H,31,36)(H,32,35)/t19-/m1/s1. The van der Waals surface area contributed by atoms with Crippen molar-refractivity contribution < 1.29 is 19.1 Å². The van der Waals surface area contributed by atoms with E-state index in [1.54, 1.807) is 17.9 Å². The molecular weight excluding hydrogens is 496 g/mol. The van der Waals surface area contributed by atoms with Gasteiger partial charge < -0.3 is 29.2 Å². The number of piperidine rings is 1. The Bertz CT molecular complexity index is 1420. The molecule has 39 heavy (non-hydrogen) atoms. The molecule has 210 valence electrons. The number of amides is 2. The van der Waals surface area contributed by atoms with Gasteiger partial charge in [0.25, 0.3) is 11.5 Å². The number of pyridine rings is 1. The molecule has 0 bridgehead atoms. The van der Waals surface area contributed by atoms with Crippen LogP contribution in [0.3, 0.4) is 0 Å². The molecule has 1 saturated heterocycles. The van der Waals surface area contributed by atoms with Crippen LogP contribution in [0.25, 0.3) is 10.9 Å². The van der Waals surface area contributed by atoms with Gasteiger partial charge in [-0.25, -0.2) is 4.79 Å². The molecule has 1 atom stereocenters. The van der Waals surface area contributed by atoms with Crippen LogP contribution >= 0.6 is 0 Å². The van der Waals surface area contributed by atoms with E-state index in [0.29, 0.717) is 41.6 Å². The average molecular weight is 537 g/mol. The molecule has 0 radical (unpaired) electrons. The van der Waals surface area contributed by atoms with Gasteiger partial charge in [0.15, 0.2) is 0 Å². The lowest BCUT2D eigenvalue weighted by molar-refractivity contribution is 0.0165. The van der Waals surface area contributed by atoms with Crippen molar-refractivity contribution >= 4 is 22.9 Å². The first-order chi connectivity index (χ1) is 18.4. The summed E-state index contributed by atoms with van der Waals surface area (Å²) < 4.78 is 13.2. The number of fused-ring (bicyclic) bond motifs is 1. The molecule has 4 rings (SSSR count). The topological polar surface area (TPSA) is 106 Å². The lowest BCUT2D eigenvalue weighted by Gasteiger charge is -2.36. The summed E-state index contributed by atoms with van der Waals surface area (Å²) in [7, 11) is 1.51. The van der Waals surface area contributed by atoms with Crippen molar-refractivity contribution in [2.24, 2.45) is 5.92 Å². The molecule has 0 aliphatic carbocycles. The molecule has 9 heteroatoms. The van der Waals surface area contributed by atoms with E-state index >= 15 is 0 Å². The Morgan fingerprint density at radius 1 is 1.15 bits per heavy atom. The molecule has 3 heterocycles. The predicted molar refractivity (Wildman–Crippen MR) is 151 cm³/mol. The highest BCUT2D eigenvalue weighted by atomic mass is 16.6. The first-order valence-electron chi connectivity index (χ1n) is 13.5. The van der Waals surface area contributed by atoms with E-state index in [9.17, 15) is 14.4 Å². The quantitative estimate of drug-likeness (QED) is 0.456. The van der Waals surface area contributed by atoms with Gasteiger partial charge in [0.2, 0.25) is 0 Å². The Labute approximate surface area is 229 Å². The lowest BCUT2D eigenvalue weighted by atomic mass is 9.90. The minimum atomic E-state index is -0.516. The van der Waals surface area contributed by atoms with Crippen molar-refractivity contribution in [1.82, 2.24) is 19.8 Å². The summed E-state index contributed by atoms with van der Waals surface area (Å²) in [5.41, 5.74) is 2.74. The van der Waals surface area contributed by atoms with E-state index in [1.165, 1.54) is 7.11 Å². The first-order valence-corrected chi connectivity index (χ1v) is 13.5. The molecule has 0 unspecified atom stereocenters. The van der Waals surface area contributed by atoms with Crippen LogP contribution in [0.15, 0.2) is 35.1 Å². The SMILES string of the molecule is COc1cc(C)[nH]c(=O)c1CNC(=O)c1c(C)n([C@H](C)C2CCN(C(=O)OC(C)(C)C)CC2)c2ccccc12. The summed E-state index contributed by atoms with van der Waals surface area (Å²) in [6.45, 7) is 12.9. The maximum absolute atomic E-state index is 13.5. The normalized spacial score (nSPS) is 15.3. The van der Waals surface area contributed by atoms with Gasteiger partial charge in [-0.1, -0.05) is 18.2 Å². The third-order valence-corrected chi connectivity index (χ3v) is 7.54. The van der Waals surface area contributed by atoms with Crippen LogP contribution in [-0.4, -0.2) is 52.3 Å². The van der Waals surface area contributed by atoms with E-state index in [2.05, 4.69) is 21.8 Å². The lowest BCUT2D eigenvalue weighted by Crippen LogP contribution is -2.42. The van der Waals surface area contributed by atoms with E-state index in [-0.39, 0.29) is 30.1 Å². The number of para-hydroxylation sites is 1. The number of nitrogens with one attached hydrogen (secondary N) is 2. The summed E-state index contributed by atoms with van der Waals surface area (Å²) in [4.78, 5) is 43.2. The van der Waals surface area contributed by atoms with Crippen molar-refractivity contribution in [1.29, 1.82) is 0 Å². The highest BCUT2D eigenvalue weighted by Crippen LogP contribution is 2.36. The van der Waals surface area contributed by atoms with E-state index < -0.39 is 5.60 Å². The summed E-state index contributed by atoms with van der Waals surface area (Å²) in [6.07, 6.45) is 1.44.